The number of rotatable bonds is 17. The van der Waals surface area contributed by atoms with Crippen LogP contribution in [0, 0.1) is 5.92 Å². The lowest BCUT2D eigenvalue weighted by molar-refractivity contribution is -0.132. The summed E-state index contributed by atoms with van der Waals surface area (Å²) in [6, 6.07) is 17.0. The van der Waals surface area contributed by atoms with Crippen molar-refractivity contribution in [3.8, 4) is 0 Å². The molecule has 0 saturated carbocycles. The summed E-state index contributed by atoms with van der Waals surface area (Å²) in [6.45, 7) is 5.72. The summed E-state index contributed by atoms with van der Waals surface area (Å²) in [5, 5.41) is 10.8. The molecule has 1 aliphatic heterocycles. The van der Waals surface area contributed by atoms with Crippen LogP contribution in [0.5, 0.6) is 0 Å². The normalized spacial score (nSPS) is 15.3. The maximum absolute atomic E-state index is 13.2. The van der Waals surface area contributed by atoms with Crippen LogP contribution in [0.2, 0.25) is 0 Å². The van der Waals surface area contributed by atoms with E-state index in [0.29, 0.717) is 45.6 Å². The lowest BCUT2D eigenvalue weighted by atomic mass is 10.0. The molecule has 3 rings (SSSR count). The minimum Gasteiger partial charge on any atom is -0.379 e. The molecular weight excluding hydrogens is 562 g/mol. The summed E-state index contributed by atoms with van der Waals surface area (Å²) in [7, 11) is 0. The fraction of sp³-hybridized carbons (Fsp3) is 0.485. The predicted molar refractivity (Wildman–Crippen MR) is 167 cm³/mol. The van der Waals surface area contributed by atoms with Gasteiger partial charge in [-0.15, -0.1) is 0 Å². The van der Waals surface area contributed by atoms with E-state index in [9.17, 15) is 24.0 Å². The van der Waals surface area contributed by atoms with Crippen LogP contribution < -0.4 is 21.3 Å². The topological polar surface area (TPSA) is 146 Å². The molecule has 1 heterocycles. The predicted octanol–water partition coefficient (Wildman–Crippen LogP) is 1.01. The van der Waals surface area contributed by atoms with Gasteiger partial charge in [-0.25, -0.2) is 0 Å². The second-order valence-corrected chi connectivity index (χ2v) is 11.1. The smallest absolute Gasteiger partial charge is 0.243 e. The highest BCUT2D eigenvalue weighted by atomic mass is 16.5. The van der Waals surface area contributed by atoms with Gasteiger partial charge in [0.15, 0.2) is 5.78 Å². The summed E-state index contributed by atoms with van der Waals surface area (Å²) in [4.78, 5) is 66.3. The van der Waals surface area contributed by atoms with Crippen LogP contribution >= 0.6 is 0 Å². The van der Waals surface area contributed by atoms with Gasteiger partial charge < -0.3 is 26.0 Å². The number of benzene rings is 2. The van der Waals surface area contributed by atoms with E-state index in [-0.39, 0.29) is 43.7 Å². The van der Waals surface area contributed by atoms with E-state index in [2.05, 4.69) is 21.3 Å². The largest absolute Gasteiger partial charge is 0.379 e. The molecule has 0 radical (unpaired) electrons. The SMILES string of the molecule is CC[C@@H](C)C(=O)CNC(=O)[C@H](Cc1ccccc1)NC(=O)CNC(=O)[C@H](CCc1ccccc1)NC(=O)CN1CCOCC1. The summed E-state index contributed by atoms with van der Waals surface area (Å²) < 4.78 is 5.34. The van der Waals surface area contributed by atoms with Gasteiger partial charge in [0.05, 0.1) is 32.8 Å². The van der Waals surface area contributed by atoms with Crippen LogP contribution in [0.4, 0.5) is 0 Å². The minimum absolute atomic E-state index is 0.0879. The number of aryl methyl sites for hydroxylation is 1. The third-order valence-electron chi connectivity index (χ3n) is 7.64. The molecule has 1 saturated heterocycles. The standard InChI is InChI=1S/C33H45N5O6/c1-3-24(2)29(39)21-34-33(43)28(20-26-12-8-5-9-13-26)37-30(40)22-35-32(42)27(15-14-25-10-6-4-7-11-25)36-31(41)23-38-16-18-44-19-17-38/h4-13,24,27-28H,3,14-23H2,1-2H3,(H,34,43)(H,35,42)(H,36,41)(H,37,40)/t24-,27+,28+/m1/s1. The number of carbonyl (C=O) groups excluding carboxylic acids is 5. The van der Waals surface area contributed by atoms with E-state index < -0.39 is 29.8 Å². The first-order valence-corrected chi connectivity index (χ1v) is 15.3. The summed E-state index contributed by atoms with van der Waals surface area (Å²) in [5.41, 5.74) is 1.85. The quantitative estimate of drug-likeness (QED) is 0.210. The van der Waals surface area contributed by atoms with Crippen molar-refractivity contribution in [1.29, 1.82) is 0 Å². The van der Waals surface area contributed by atoms with Gasteiger partial charge in [-0.2, -0.15) is 0 Å². The molecule has 2 aromatic carbocycles. The van der Waals surface area contributed by atoms with Crippen LogP contribution in [0.3, 0.4) is 0 Å². The third kappa shape index (κ3) is 12.3. The van der Waals surface area contributed by atoms with Crippen molar-refractivity contribution in [1.82, 2.24) is 26.2 Å². The second-order valence-electron chi connectivity index (χ2n) is 11.1. The number of amides is 4. The number of ether oxygens (including phenoxy) is 1. The summed E-state index contributed by atoms with van der Waals surface area (Å²) >= 11 is 0. The van der Waals surface area contributed by atoms with Crippen molar-refractivity contribution in [2.75, 3.05) is 45.9 Å². The maximum atomic E-state index is 13.2. The van der Waals surface area contributed by atoms with E-state index in [1.54, 1.807) is 6.92 Å². The molecule has 0 bridgehead atoms. The molecule has 44 heavy (non-hydrogen) atoms. The Morgan fingerprint density at radius 1 is 0.773 bits per heavy atom. The Morgan fingerprint density at radius 3 is 1.98 bits per heavy atom. The molecule has 0 unspecified atom stereocenters. The molecule has 3 atom stereocenters. The first kappa shape index (κ1) is 34.4. The Kier molecular flexibility index (Phi) is 14.5. The van der Waals surface area contributed by atoms with Gasteiger partial charge in [-0.3, -0.25) is 28.9 Å². The Hall–Kier alpha value is -4.09. The number of Topliss-reactive ketones (excluding diaryl/α,β-unsaturated/α-hetero) is 1. The lowest BCUT2D eigenvalue weighted by Gasteiger charge is -2.27. The maximum Gasteiger partial charge on any atom is 0.243 e. The molecule has 1 fully saturated rings. The number of carbonyl (C=O) groups is 5. The van der Waals surface area contributed by atoms with Crippen LogP contribution in [0.15, 0.2) is 60.7 Å². The Balaban J connectivity index is 1.60. The third-order valence-corrected chi connectivity index (χ3v) is 7.64. The van der Waals surface area contributed by atoms with Gasteiger partial charge in [-0.1, -0.05) is 74.5 Å². The lowest BCUT2D eigenvalue weighted by Crippen LogP contribution is -2.54. The number of nitrogens with one attached hydrogen (secondary N) is 4. The minimum atomic E-state index is -0.950. The molecular formula is C33H45N5O6. The molecule has 238 valence electrons. The van der Waals surface area contributed by atoms with E-state index in [1.165, 1.54) is 0 Å². The molecule has 0 aromatic heterocycles. The van der Waals surface area contributed by atoms with E-state index in [1.807, 2.05) is 72.5 Å². The van der Waals surface area contributed by atoms with Gasteiger partial charge in [0.2, 0.25) is 23.6 Å². The molecule has 0 aliphatic carbocycles. The van der Waals surface area contributed by atoms with E-state index >= 15 is 0 Å². The number of hydrogen-bond acceptors (Lipinski definition) is 7. The first-order chi connectivity index (χ1) is 21.2. The second kappa shape index (κ2) is 18.5. The molecule has 2 aromatic rings. The average Bonchev–Trinajstić information content (AvgIpc) is 3.04. The molecule has 11 heteroatoms. The van der Waals surface area contributed by atoms with E-state index in [4.69, 9.17) is 4.74 Å². The van der Waals surface area contributed by atoms with Gasteiger partial charge >= 0.3 is 0 Å². The highest BCUT2D eigenvalue weighted by molar-refractivity contribution is 5.94. The zero-order valence-corrected chi connectivity index (χ0v) is 25.7. The van der Waals surface area contributed by atoms with E-state index in [0.717, 1.165) is 11.1 Å². The Bertz CT molecular complexity index is 1220. The van der Waals surface area contributed by atoms with Crippen LogP contribution in [0.25, 0.3) is 0 Å². The van der Waals surface area contributed by atoms with Crippen LogP contribution in [-0.4, -0.2) is 92.3 Å². The number of hydrogen-bond donors (Lipinski definition) is 4. The Labute approximate surface area is 259 Å². The van der Waals surface area contributed by atoms with Gasteiger partial charge in [0.1, 0.15) is 12.1 Å². The highest BCUT2D eigenvalue weighted by Gasteiger charge is 2.25. The van der Waals surface area contributed by atoms with Gasteiger partial charge in [0, 0.05) is 25.4 Å². The van der Waals surface area contributed by atoms with Gasteiger partial charge in [-0.05, 0) is 30.4 Å². The van der Waals surface area contributed by atoms with Crippen molar-refractivity contribution >= 4 is 29.4 Å². The zero-order valence-electron chi connectivity index (χ0n) is 25.7. The zero-order chi connectivity index (χ0) is 31.7. The van der Waals surface area contributed by atoms with Crippen molar-refractivity contribution < 1.29 is 28.7 Å². The van der Waals surface area contributed by atoms with Crippen molar-refractivity contribution in [2.24, 2.45) is 5.92 Å². The van der Waals surface area contributed by atoms with Crippen molar-refractivity contribution in [2.45, 2.75) is 51.6 Å². The molecule has 4 amide bonds. The summed E-state index contributed by atoms with van der Waals surface area (Å²) in [5.74, 6) is -2.09. The van der Waals surface area contributed by atoms with Crippen molar-refractivity contribution in [3.63, 3.8) is 0 Å². The fourth-order valence-corrected chi connectivity index (χ4v) is 4.72. The summed E-state index contributed by atoms with van der Waals surface area (Å²) in [6.07, 6.45) is 1.77. The molecule has 4 N–H and O–H groups in total. The van der Waals surface area contributed by atoms with Gasteiger partial charge in [0.25, 0.3) is 0 Å². The average molecular weight is 608 g/mol. The van der Waals surface area contributed by atoms with Crippen LogP contribution in [-0.2, 0) is 41.6 Å². The van der Waals surface area contributed by atoms with Crippen LogP contribution in [0.1, 0.15) is 37.8 Å². The first-order valence-electron chi connectivity index (χ1n) is 15.3. The highest BCUT2D eigenvalue weighted by Crippen LogP contribution is 2.07. The molecule has 0 spiro atoms. The fourth-order valence-electron chi connectivity index (χ4n) is 4.72. The molecule has 1 aliphatic rings. The number of nitrogens with zero attached hydrogens (tertiary/aromatic N) is 1. The number of ketones is 1. The monoisotopic (exact) mass is 607 g/mol. The number of morpholine rings is 1. The van der Waals surface area contributed by atoms with Crippen molar-refractivity contribution in [3.05, 3.63) is 71.8 Å². The Morgan fingerprint density at radius 2 is 1.34 bits per heavy atom. The molecule has 11 nitrogen and oxygen atoms in total.